The van der Waals surface area contributed by atoms with Gasteiger partial charge >= 0.3 is 0 Å². The van der Waals surface area contributed by atoms with Gasteiger partial charge in [-0.1, -0.05) is 59.9 Å². The highest BCUT2D eigenvalue weighted by molar-refractivity contribution is 7.99. The summed E-state index contributed by atoms with van der Waals surface area (Å²) in [5, 5.41) is 14.5. The molecule has 0 aliphatic heterocycles. The fourth-order valence-electron chi connectivity index (χ4n) is 3.44. The number of halogens is 1. The number of rotatable bonds is 6. The molecule has 1 unspecified atom stereocenters. The quantitative estimate of drug-likeness (QED) is 0.254. The molecule has 4 aromatic rings. The maximum Gasteiger partial charge on any atom is 0.152 e. The molecule has 1 atom stereocenters. The first-order valence-electron chi connectivity index (χ1n) is 9.70. The predicted octanol–water partition coefficient (Wildman–Crippen LogP) is 6.68. The van der Waals surface area contributed by atoms with E-state index in [9.17, 15) is 5.26 Å². The van der Waals surface area contributed by atoms with Crippen molar-refractivity contribution < 1.29 is 0 Å². The normalized spacial score (nSPS) is 11.7. The number of anilines is 2. The van der Waals surface area contributed by atoms with E-state index >= 15 is 0 Å². The minimum Gasteiger partial charge on any atom is -0.377 e. The second-order valence-corrected chi connectivity index (χ2v) is 8.01. The number of pyridine rings is 2. The Morgan fingerprint density at radius 1 is 1.03 bits per heavy atom. The highest BCUT2D eigenvalue weighted by atomic mass is 35.5. The van der Waals surface area contributed by atoms with Gasteiger partial charge in [0.1, 0.15) is 6.07 Å². The second kappa shape index (κ2) is 9.25. The standard InChI is InChI=1S/C24H20ClN5S/c1-15(16-6-4-3-5-7-16)29-23-19(12-26)14-27-21-9-8-17(10-20(21)23)18-11-22(30-31-2)24(25)28-13-18/h3-11,13-15,30H,1-2H3,(H,27,29). The molecule has 0 bridgehead atoms. The SMILES string of the molecule is CSNc1cc(-c2ccc3ncc(C#N)c(NC(C)c4ccccc4)c3c2)cnc1Cl. The molecule has 5 nitrogen and oxygen atoms in total. The van der Waals surface area contributed by atoms with Crippen LogP contribution in [0.1, 0.15) is 24.1 Å². The van der Waals surface area contributed by atoms with Crippen LogP contribution >= 0.6 is 23.5 Å². The third-order valence-electron chi connectivity index (χ3n) is 5.03. The van der Waals surface area contributed by atoms with E-state index in [4.69, 9.17) is 11.6 Å². The van der Waals surface area contributed by atoms with E-state index in [0.29, 0.717) is 10.7 Å². The molecule has 0 fully saturated rings. The lowest BCUT2D eigenvalue weighted by Crippen LogP contribution is -2.08. The Labute approximate surface area is 190 Å². The monoisotopic (exact) mass is 445 g/mol. The Morgan fingerprint density at radius 2 is 1.84 bits per heavy atom. The molecule has 0 saturated carbocycles. The van der Waals surface area contributed by atoms with Crippen LogP contribution in [0.2, 0.25) is 5.15 Å². The van der Waals surface area contributed by atoms with Gasteiger partial charge in [0.25, 0.3) is 0 Å². The van der Waals surface area contributed by atoms with E-state index in [-0.39, 0.29) is 6.04 Å². The maximum atomic E-state index is 9.71. The van der Waals surface area contributed by atoms with Crippen LogP contribution in [0.5, 0.6) is 0 Å². The average Bonchev–Trinajstić information content (AvgIpc) is 2.81. The van der Waals surface area contributed by atoms with Crippen LogP contribution in [0.4, 0.5) is 11.4 Å². The molecule has 2 aromatic carbocycles. The van der Waals surface area contributed by atoms with Crippen molar-refractivity contribution in [1.82, 2.24) is 9.97 Å². The first-order valence-corrected chi connectivity index (χ1v) is 11.3. The minimum absolute atomic E-state index is 0.0251. The van der Waals surface area contributed by atoms with Crippen LogP contribution in [-0.4, -0.2) is 16.2 Å². The van der Waals surface area contributed by atoms with Crippen LogP contribution in [0.15, 0.2) is 67.0 Å². The molecule has 31 heavy (non-hydrogen) atoms. The van der Waals surface area contributed by atoms with Gasteiger partial charge < -0.3 is 10.0 Å². The molecule has 0 amide bonds. The van der Waals surface area contributed by atoms with E-state index in [2.05, 4.69) is 45.1 Å². The van der Waals surface area contributed by atoms with E-state index < -0.39 is 0 Å². The first-order chi connectivity index (χ1) is 15.1. The summed E-state index contributed by atoms with van der Waals surface area (Å²) < 4.78 is 3.15. The van der Waals surface area contributed by atoms with E-state index in [1.54, 1.807) is 12.4 Å². The first kappa shape index (κ1) is 21.0. The predicted molar refractivity (Wildman–Crippen MR) is 130 cm³/mol. The summed E-state index contributed by atoms with van der Waals surface area (Å²) in [4.78, 5) is 8.78. The van der Waals surface area contributed by atoms with Crippen molar-refractivity contribution in [3.63, 3.8) is 0 Å². The Kier molecular flexibility index (Phi) is 6.26. The van der Waals surface area contributed by atoms with E-state index in [0.717, 1.165) is 39.0 Å². The van der Waals surface area contributed by atoms with Gasteiger partial charge in [-0.15, -0.1) is 0 Å². The van der Waals surface area contributed by atoms with Gasteiger partial charge in [-0.05, 0) is 36.2 Å². The number of hydrogen-bond donors (Lipinski definition) is 2. The Morgan fingerprint density at radius 3 is 2.58 bits per heavy atom. The van der Waals surface area contributed by atoms with Crippen molar-refractivity contribution in [3.8, 4) is 17.2 Å². The highest BCUT2D eigenvalue weighted by Crippen LogP contribution is 2.34. The Balaban J connectivity index is 1.81. The second-order valence-electron chi connectivity index (χ2n) is 7.04. The van der Waals surface area contributed by atoms with Crippen LogP contribution in [0.3, 0.4) is 0 Å². The molecule has 4 rings (SSSR count). The fourth-order valence-corrected chi connectivity index (χ4v) is 4.02. The zero-order valence-corrected chi connectivity index (χ0v) is 18.6. The number of nitrogens with one attached hydrogen (secondary N) is 2. The molecule has 7 heteroatoms. The van der Waals surface area contributed by atoms with Gasteiger partial charge in [0.2, 0.25) is 0 Å². The van der Waals surface area contributed by atoms with Crippen molar-refractivity contribution in [2.75, 3.05) is 16.3 Å². The van der Waals surface area contributed by atoms with Gasteiger partial charge in [0.15, 0.2) is 5.15 Å². The highest BCUT2D eigenvalue weighted by Gasteiger charge is 2.14. The van der Waals surface area contributed by atoms with Crippen LogP contribution in [0.25, 0.3) is 22.0 Å². The molecule has 0 saturated heterocycles. The van der Waals surface area contributed by atoms with Crippen molar-refractivity contribution in [1.29, 1.82) is 5.26 Å². The largest absolute Gasteiger partial charge is 0.377 e. The summed E-state index contributed by atoms with van der Waals surface area (Å²) in [6.07, 6.45) is 5.29. The lowest BCUT2D eigenvalue weighted by atomic mass is 10.0. The number of nitrogens with zero attached hydrogens (tertiary/aromatic N) is 3. The van der Waals surface area contributed by atoms with Gasteiger partial charge in [-0.2, -0.15) is 5.26 Å². The van der Waals surface area contributed by atoms with Crippen LogP contribution < -0.4 is 10.0 Å². The number of aromatic nitrogens is 2. The summed E-state index contributed by atoms with van der Waals surface area (Å²) in [7, 11) is 0. The lowest BCUT2D eigenvalue weighted by Gasteiger charge is -2.19. The zero-order chi connectivity index (χ0) is 21.8. The molecular weight excluding hydrogens is 426 g/mol. The molecule has 0 spiro atoms. The van der Waals surface area contributed by atoms with Crippen LogP contribution in [0, 0.1) is 11.3 Å². The number of fused-ring (bicyclic) bond motifs is 1. The maximum absolute atomic E-state index is 9.71. The van der Waals surface area contributed by atoms with E-state index in [1.807, 2.05) is 48.7 Å². The average molecular weight is 446 g/mol. The van der Waals surface area contributed by atoms with Crippen molar-refractivity contribution >= 4 is 45.8 Å². The third-order valence-corrected chi connectivity index (χ3v) is 5.76. The van der Waals surface area contributed by atoms with Crippen molar-refractivity contribution in [3.05, 3.63) is 83.3 Å². The summed E-state index contributed by atoms with van der Waals surface area (Å²) in [5.41, 5.74) is 5.88. The van der Waals surface area contributed by atoms with Crippen molar-refractivity contribution in [2.45, 2.75) is 13.0 Å². The summed E-state index contributed by atoms with van der Waals surface area (Å²) in [6, 6.07) is 20.4. The molecule has 2 heterocycles. The van der Waals surface area contributed by atoms with Crippen molar-refractivity contribution in [2.24, 2.45) is 0 Å². The summed E-state index contributed by atoms with van der Waals surface area (Å²) >= 11 is 7.65. The molecule has 154 valence electrons. The van der Waals surface area contributed by atoms with Crippen LogP contribution in [-0.2, 0) is 0 Å². The lowest BCUT2D eigenvalue weighted by molar-refractivity contribution is 0.885. The summed E-state index contributed by atoms with van der Waals surface area (Å²) in [6.45, 7) is 2.08. The molecule has 0 aliphatic rings. The number of nitriles is 1. The molecule has 2 N–H and O–H groups in total. The molecule has 0 radical (unpaired) electrons. The number of hydrogen-bond acceptors (Lipinski definition) is 6. The van der Waals surface area contributed by atoms with Gasteiger partial charge in [0, 0.05) is 35.6 Å². The topological polar surface area (TPSA) is 73.6 Å². The van der Waals surface area contributed by atoms with Gasteiger partial charge in [-0.25, -0.2) is 4.98 Å². The number of benzene rings is 2. The smallest absolute Gasteiger partial charge is 0.152 e. The molecular formula is C24H20ClN5S. The third kappa shape index (κ3) is 4.43. The zero-order valence-electron chi connectivity index (χ0n) is 17.1. The molecule has 0 aliphatic carbocycles. The minimum atomic E-state index is 0.0251. The summed E-state index contributed by atoms with van der Waals surface area (Å²) in [5.74, 6) is 0. The molecule has 2 aromatic heterocycles. The van der Waals surface area contributed by atoms with Gasteiger partial charge in [-0.3, -0.25) is 4.98 Å². The van der Waals surface area contributed by atoms with E-state index in [1.165, 1.54) is 11.9 Å². The van der Waals surface area contributed by atoms with Gasteiger partial charge in [0.05, 0.1) is 22.5 Å². The fraction of sp³-hybridized carbons (Fsp3) is 0.125. The Bertz CT molecular complexity index is 1270. The Hall–Kier alpha value is -3.27.